The van der Waals surface area contributed by atoms with E-state index < -0.39 is 40.2 Å². The molecule has 2 atom stereocenters. The molecule has 0 bridgehead atoms. The summed E-state index contributed by atoms with van der Waals surface area (Å²) in [6, 6.07) is 14.2. The van der Waals surface area contributed by atoms with Crippen LogP contribution in [-0.2, 0) is 26.2 Å². The Morgan fingerprint density at radius 3 is 2.10 bits per heavy atom. The zero-order chi connectivity index (χ0) is 31.0. The quantitative estimate of drug-likeness (QED) is 0.246. The second-order valence-corrected chi connectivity index (χ2v) is 12.3. The predicted octanol–water partition coefficient (Wildman–Crippen LogP) is 6.06. The number of nitrogens with zero attached hydrogens (tertiary/aromatic N) is 2. The van der Waals surface area contributed by atoms with E-state index >= 15 is 0 Å². The molecule has 0 aliphatic carbocycles. The van der Waals surface area contributed by atoms with Gasteiger partial charge in [-0.1, -0.05) is 36.2 Å². The molecule has 0 heterocycles. The fraction of sp³-hybridized carbons (Fsp3) is 0.333. The topological polar surface area (TPSA) is 96.0 Å². The Kier molecular flexibility index (Phi) is 11.6. The molecule has 0 radical (unpaired) electrons. The van der Waals surface area contributed by atoms with E-state index in [4.69, 9.17) is 27.9 Å². The Morgan fingerprint density at radius 1 is 0.952 bits per heavy atom. The standard InChI is InChI=1S/C30H34Cl2FN3O5S/c1-5-20(3)34-30(38)21(4)35(18-26-27(31)8-7-9-28(26)32)29(37)19-36(23-12-10-22(33)11-13-23)42(39,40)25-16-14-24(15-17-25)41-6-2/h7-17,20-21H,5-6,18-19H2,1-4H3,(H,34,38)/t20-,21+/m1/s1. The van der Waals surface area contributed by atoms with E-state index in [1.165, 1.54) is 41.3 Å². The minimum atomic E-state index is -4.33. The number of halogens is 3. The first-order valence-electron chi connectivity index (χ1n) is 13.4. The first-order chi connectivity index (χ1) is 19.9. The highest BCUT2D eigenvalue weighted by molar-refractivity contribution is 7.92. The number of anilines is 1. The molecule has 12 heteroatoms. The lowest BCUT2D eigenvalue weighted by atomic mass is 10.1. The molecule has 0 unspecified atom stereocenters. The van der Waals surface area contributed by atoms with Crippen molar-refractivity contribution in [2.75, 3.05) is 17.5 Å². The van der Waals surface area contributed by atoms with Gasteiger partial charge in [-0.3, -0.25) is 13.9 Å². The van der Waals surface area contributed by atoms with Crippen molar-refractivity contribution in [1.82, 2.24) is 10.2 Å². The number of hydrogen-bond donors (Lipinski definition) is 1. The second kappa shape index (κ2) is 14.7. The summed E-state index contributed by atoms with van der Waals surface area (Å²) in [5.41, 5.74) is 0.464. The van der Waals surface area contributed by atoms with Gasteiger partial charge in [0.05, 0.1) is 17.2 Å². The molecule has 0 aliphatic rings. The van der Waals surface area contributed by atoms with Gasteiger partial charge in [-0.05, 0) is 87.9 Å². The van der Waals surface area contributed by atoms with Gasteiger partial charge in [0, 0.05) is 28.2 Å². The van der Waals surface area contributed by atoms with Crippen molar-refractivity contribution < 1.29 is 27.1 Å². The van der Waals surface area contributed by atoms with Crippen LogP contribution in [0.4, 0.5) is 10.1 Å². The fourth-order valence-corrected chi connectivity index (χ4v) is 5.97. The number of benzene rings is 3. The molecule has 3 rings (SSSR count). The van der Waals surface area contributed by atoms with Gasteiger partial charge < -0.3 is 15.0 Å². The third-order valence-electron chi connectivity index (χ3n) is 6.67. The van der Waals surface area contributed by atoms with Crippen LogP contribution in [0, 0.1) is 5.82 Å². The third-order valence-corrected chi connectivity index (χ3v) is 9.17. The highest BCUT2D eigenvalue weighted by atomic mass is 35.5. The third kappa shape index (κ3) is 8.14. The average Bonchev–Trinajstić information content (AvgIpc) is 2.96. The maximum absolute atomic E-state index is 14.0. The van der Waals surface area contributed by atoms with Gasteiger partial charge in [0.2, 0.25) is 11.8 Å². The lowest BCUT2D eigenvalue weighted by Gasteiger charge is -2.32. The van der Waals surface area contributed by atoms with Crippen molar-refractivity contribution in [1.29, 1.82) is 0 Å². The number of sulfonamides is 1. The summed E-state index contributed by atoms with van der Waals surface area (Å²) in [6.45, 7) is 6.64. The van der Waals surface area contributed by atoms with Gasteiger partial charge in [-0.15, -0.1) is 0 Å². The van der Waals surface area contributed by atoms with E-state index in [0.29, 0.717) is 24.3 Å². The summed E-state index contributed by atoms with van der Waals surface area (Å²) in [5, 5.41) is 3.43. The van der Waals surface area contributed by atoms with Crippen LogP contribution in [-0.4, -0.2) is 50.4 Å². The van der Waals surface area contributed by atoms with Crippen LogP contribution in [0.15, 0.2) is 71.6 Å². The zero-order valence-electron chi connectivity index (χ0n) is 23.8. The van der Waals surface area contributed by atoms with Gasteiger partial charge >= 0.3 is 0 Å². The maximum Gasteiger partial charge on any atom is 0.264 e. The van der Waals surface area contributed by atoms with Crippen LogP contribution >= 0.6 is 23.2 Å². The van der Waals surface area contributed by atoms with Crippen molar-refractivity contribution in [2.24, 2.45) is 0 Å². The van der Waals surface area contributed by atoms with Crippen LogP contribution in [0.1, 0.15) is 39.7 Å². The van der Waals surface area contributed by atoms with Crippen LogP contribution in [0.2, 0.25) is 10.0 Å². The summed E-state index contributed by atoms with van der Waals surface area (Å²) in [7, 11) is -4.33. The molecule has 8 nitrogen and oxygen atoms in total. The SMILES string of the molecule is CCOc1ccc(S(=O)(=O)N(CC(=O)N(Cc2c(Cl)cccc2Cl)[C@@H](C)C(=O)N[C@H](C)CC)c2ccc(F)cc2)cc1. The van der Waals surface area contributed by atoms with Crippen molar-refractivity contribution in [3.63, 3.8) is 0 Å². The fourth-order valence-electron chi connectivity index (χ4n) is 4.04. The Morgan fingerprint density at radius 2 is 1.55 bits per heavy atom. The summed E-state index contributed by atoms with van der Waals surface area (Å²) in [5.74, 6) is -1.22. The first kappa shape index (κ1) is 33.2. The summed E-state index contributed by atoms with van der Waals surface area (Å²) in [6.07, 6.45) is 0.668. The Bertz CT molecular complexity index is 1470. The minimum Gasteiger partial charge on any atom is -0.494 e. The molecule has 0 spiro atoms. The summed E-state index contributed by atoms with van der Waals surface area (Å²) < 4.78 is 47.9. The molecule has 3 aromatic rings. The lowest BCUT2D eigenvalue weighted by molar-refractivity contribution is -0.139. The molecule has 3 aromatic carbocycles. The van der Waals surface area contributed by atoms with E-state index in [-0.39, 0.29) is 33.2 Å². The van der Waals surface area contributed by atoms with Crippen molar-refractivity contribution in [3.05, 3.63) is 88.2 Å². The van der Waals surface area contributed by atoms with Crippen LogP contribution in [0.3, 0.4) is 0 Å². The number of amides is 2. The number of ether oxygens (including phenoxy) is 1. The van der Waals surface area contributed by atoms with Crippen molar-refractivity contribution in [3.8, 4) is 5.75 Å². The Labute approximate surface area is 256 Å². The minimum absolute atomic E-state index is 0.0612. The summed E-state index contributed by atoms with van der Waals surface area (Å²) >= 11 is 12.8. The van der Waals surface area contributed by atoms with E-state index in [1.54, 1.807) is 32.0 Å². The molecule has 0 saturated carbocycles. The summed E-state index contributed by atoms with van der Waals surface area (Å²) in [4.78, 5) is 28.3. The normalized spacial score (nSPS) is 12.7. The van der Waals surface area contributed by atoms with E-state index in [9.17, 15) is 22.4 Å². The highest BCUT2D eigenvalue weighted by Crippen LogP contribution is 2.29. The number of carbonyl (C=O) groups excluding carboxylic acids is 2. The molecule has 42 heavy (non-hydrogen) atoms. The number of carbonyl (C=O) groups is 2. The Hall–Kier alpha value is -3.34. The van der Waals surface area contributed by atoms with Crippen molar-refractivity contribution in [2.45, 2.75) is 57.6 Å². The second-order valence-electron chi connectivity index (χ2n) is 9.61. The molecule has 0 aromatic heterocycles. The van der Waals surface area contributed by atoms with Gasteiger partial charge in [0.25, 0.3) is 10.0 Å². The molecular formula is C30H34Cl2FN3O5S. The molecule has 0 fully saturated rings. The lowest BCUT2D eigenvalue weighted by Crippen LogP contribution is -2.52. The highest BCUT2D eigenvalue weighted by Gasteiger charge is 2.33. The largest absolute Gasteiger partial charge is 0.494 e. The molecule has 0 saturated heterocycles. The van der Waals surface area contributed by atoms with Gasteiger partial charge in [0.1, 0.15) is 24.2 Å². The molecule has 2 amide bonds. The number of nitrogens with one attached hydrogen (secondary N) is 1. The molecule has 226 valence electrons. The van der Waals surface area contributed by atoms with Crippen LogP contribution < -0.4 is 14.4 Å². The smallest absolute Gasteiger partial charge is 0.264 e. The monoisotopic (exact) mass is 637 g/mol. The zero-order valence-corrected chi connectivity index (χ0v) is 26.1. The average molecular weight is 639 g/mol. The predicted molar refractivity (Wildman–Crippen MR) is 163 cm³/mol. The van der Waals surface area contributed by atoms with E-state index in [2.05, 4.69) is 5.32 Å². The molecule has 0 aliphatic heterocycles. The maximum atomic E-state index is 14.0. The van der Waals surface area contributed by atoms with Gasteiger partial charge in [0.15, 0.2) is 0 Å². The number of hydrogen-bond acceptors (Lipinski definition) is 5. The van der Waals surface area contributed by atoms with E-state index in [1.807, 2.05) is 13.8 Å². The number of rotatable bonds is 13. The first-order valence-corrected chi connectivity index (χ1v) is 15.6. The Balaban J connectivity index is 2.05. The molecule has 1 N–H and O–H groups in total. The van der Waals surface area contributed by atoms with Crippen LogP contribution in [0.25, 0.3) is 0 Å². The van der Waals surface area contributed by atoms with Gasteiger partial charge in [-0.25, -0.2) is 12.8 Å². The van der Waals surface area contributed by atoms with Gasteiger partial charge in [-0.2, -0.15) is 0 Å². The molecular weight excluding hydrogens is 604 g/mol. The van der Waals surface area contributed by atoms with Crippen LogP contribution in [0.5, 0.6) is 5.75 Å². The van der Waals surface area contributed by atoms with E-state index in [0.717, 1.165) is 16.4 Å². The van der Waals surface area contributed by atoms with Crippen molar-refractivity contribution >= 4 is 50.7 Å².